The van der Waals surface area contributed by atoms with Gasteiger partial charge in [0.15, 0.2) is 0 Å². The molecule has 0 bridgehead atoms. The highest BCUT2D eigenvalue weighted by atomic mass is 35.5. The second-order valence-electron chi connectivity index (χ2n) is 3.71. The molecule has 94 valence electrons. The fourth-order valence-electron chi connectivity index (χ4n) is 1.56. The number of carbonyl (C=O) groups is 1. The van der Waals surface area contributed by atoms with Crippen molar-refractivity contribution < 1.29 is 9.90 Å². The molecule has 0 aliphatic carbocycles. The quantitative estimate of drug-likeness (QED) is 0.908. The van der Waals surface area contributed by atoms with Crippen molar-refractivity contribution in [3.63, 3.8) is 0 Å². The molecule has 5 nitrogen and oxygen atoms in total. The van der Waals surface area contributed by atoms with Crippen molar-refractivity contribution >= 4 is 17.6 Å². The van der Waals surface area contributed by atoms with E-state index in [4.69, 9.17) is 22.0 Å². The van der Waals surface area contributed by atoms with Gasteiger partial charge in [-0.1, -0.05) is 11.6 Å². The van der Waals surface area contributed by atoms with Crippen LogP contribution in [-0.2, 0) is 0 Å². The number of benzene rings is 1. The first kappa shape index (κ1) is 12.9. The highest BCUT2D eigenvalue weighted by Gasteiger charge is 2.08. The molecule has 0 unspecified atom stereocenters. The van der Waals surface area contributed by atoms with Crippen molar-refractivity contribution in [2.24, 2.45) is 0 Å². The number of rotatable bonds is 2. The largest absolute Gasteiger partial charge is 0.478 e. The number of nitrogens with zero attached hydrogens (tertiary/aromatic N) is 2. The maximum atomic E-state index is 11.7. The van der Waals surface area contributed by atoms with Crippen molar-refractivity contribution in [1.29, 1.82) is 5.26 Å². The summed E-state index contributed by atoms with van der Waals surface area (Å²) in [5.74, 6) is -1.13. The predicted molar refractivity (Wildman–Crippen MR) is 68.7 cm³/mol. The summed E-state index contributed by atoms with van der Waals surface area (Å²) in [5, 5.41) is 17.9. The number of pyridine rings is 1. The number of aromatic nitrogens is 1. The molecular formula is C13H7ClN2O3. The number of halogens is 1. The Bertz CT molecular complexity index is 759. The summed E-state index contributed by atoms with van der Waals surface area (Å²) in [4.78, 5) is 22.6. The second kappa shape index (κ2) is 4.96. The maximum Gasteiger partial charge on any atom is 0.337 e. The van der Waals surface area contributed by atoms with Gasteiger partial charge < -0.3 is 5.11 Å². The molecule has 2 rings (SSSR count). The van der Waals surface area contributed by atoms with Gasteiger partial charge in [0.05, 0.1) is 21.8 Å². The smallest absolute Gasteiger partial charge is 0.337 e. The molecule has 0 aliphatic rings. The van der Waals surface area contributed by atoms with Crippen LogP contribution >= 0.6 is 11.6 Å². The van der Waals surface area contributed by atoms with E-state index in [-0.39, 0.29) is 21.7 Å². The molecule has 19 heavy (non-hydrogen) atoms. The third-order valence-corrected chi connectivity index (χ3v) is 2.82. The minimum Gasteiger partial charge on any atom is -0.478 e. The minimum absolute atomic E-state index is 0.0138. The van der Waals surface area contributed by atoms with Gasteiger partial charge in [0, 0.05) is 12.3 Å². The normalized spacial score (nSPS) is 9.89. The number of hydrogen-bond donors (Lipinski definition) is 1. The average molecular weight is 275 g/mol. The molecule has 0 saturated carbocycles. The highest BCUT2D eigenvalue weighted by molar-refractivity contribution is 6.31. The van der Waals surface area contributed by atoms with Crippen molar-refractivity contribution in [1.82, 2.24) is 4.57 Å². The summed E-state index contributed by atoms with van der Waals surface area (Å²) in [6, 6.07) is 8.73. The minimum atomic E-state index is -1.13. The Balaban J connectivity index is 2.62. The molecule has 1 N–H and O–H groups in total. The van der Waals surface area contributed by atoms with Crippen LogP contribution in [0.4, 0.5) is 0 Å². The van der Waals surface area contributed by atoms with Crippen LogP contribution in [0.15, 0.2) is 41.3 Å². The highest BCUT2D eigenvalue weighted by Crippen LogP contribution is 2.19. The van der Waals surface area contributed by atoms with E-state index in [1.807, 2.05) is 6.07 Å². The van der Waals surface area contributed by atoms with E-state index in [1.165, 1.54) is 30.5 Å². The number of aromatic carboxylic acids is 1. The first-order chi connectivity index (χ1) is 9.02. The van der Waals surface area contributed by atoms with Crippen molar-refractivity contribution in [3.05, 3.63) is 63.0 Å². The Hall–Kier alpha value is -2.58. The maximum absolute atomic E-state index is 11.7. The lowest BCUT2D eigenvalue weighted by Gasteiger charge is -2.07. The number of carboxylic acids is 1. The second-order valence-corrected chi connectivity index (χ2v) is 4.11. The molecule has 1 aromatic carbocycles. The van der Waals surface area contributed by atoms with Gasteiger partial charge in [0.25, 0.3) is 5.56 Å². The van der Waals surface area contributed by atoms with Crippen molar-refractivity contribution in [3.8, 4) is 11.8 Å². The molecule has 0 saturated heterocycles. The summed E-state index contributed by atoms with van der Waals surface area (Å²) < 4.78 is 1.16. The van der Waals surface area contributed by atoms with Crippen LogP contribution in [-0.4, -0.2) is 15.6 Å². The number of nitriles is 1. The van der Waals surface area contributed by atoms with E-state index in [2.05, 4.69) is 0 Å². The van der Waals surface area contributed by atoms with Gasteiger partial charge >= 0.3 is 5.97 Å². The van der Waals surface area contributed by atoms with Crippen LogP contribution in [0.5, 0.6) is 0 Å². The van der Waals surface area contributed by atoms with E-state index in [1.54, 1.807) is 0 Å². The molecule has 0 spiro atoms. The molecule has 0 aliphatic heterocycles. The molecule has 0 radical (unpaired) electrons. The molecule has 1 heterocycles. The van der Waals surface area contributed by atoms with Crippen LogP contribution < -0.4 is 5.56 Å². The summed E-state index contributed by atoms with van der Waals surface area (Å²) in [7, 11) is 0. The van der Waals surface area contributed by atoms with Gasteiger partial charge in [-0.05, 0) is 24.3 Å². The Morgan fingerprint density at radius 3 is 2.63 bits per heavy atom. The van der Waals surface area contributed by atoms with Crippen LogP contribution in [0.2, 0.25) is 5.02 Å². The molecule has 1 aromatic heterocycles. The van der Waals surface area contributed by atoms with E-state index in [0.29, 0.717) is 5.69 Å². The zero-order valence-electron chi connectivity index (χ0n) is 9.50. The Morgan fingerprint density at radius 2 is 2.05 bits per heavy atom. The summed E-state index contributed by atoms with van der Waals surface area (Å²) >= 11 is 5.88. The first-order valence-electron chi connectivity index (χ1n) is 5.19. The standard InChI is InChI=1S/C13H7ClN2O3/c14-11-5-10(3-1-8(11)6-15)16-7-9(13(18)19)2-4-12(16)17/h1-5,7H,(H,18,19). The average Bonchev–Trinajstić information content (AvgIpc) is 2.38. The molecule has 0 fully saturated rings. The fraction of sp³-hybridized carbons (Fsp3) is 0. The Kier molecular flexibility index (Phi) is 3.36. The number of carboxylic acid groups (broad SMARTS) is 1. The summed E-state index contributed by atoms with van der Waals surface area (Å²) in [6.45, 7) is 0. The SMILES string of the molecule is N#Cc1ccc(-n2cc(C(=O)O)ccc2=O)cc1Cl. The van der Waals surface area contributed by atoms with Crippen LogP contribution in [0, 0.1) is 11.3 Å². The number of hydrogen-bond acceptors (Lipinski definition) is 3. The zero-order valence-corrected chi connectivity index (χ0v) is 10.3. The first-order valence-corrected chi connectivity index (χ1v) is 5.57. The lowest BCUT2D eigenvalue weighted by Crippen LogP contribution is -2.18. The van der Waals surface area contributed by atoms with E-state index in [9.17, 15) is 9.59 Å². The van der Waals surface area contributed by atoms with Gasteiger partial charge in [-0.2, -0.15) is 5.26 Å². The topological polar surface area (TPSA) is 83.1 Å². The summed E-state index contributed by atoms with van der Waals surface area (Å²) in [5.41, 5.74) is 0.288. The van der Waals surface area contributed by atoms with Gasteiger partial charge in [0.2, 0.25) is 0 Å². The Labute approximate surface area is 112 Å². The van der Waals surface area contributed by atoms with Crippen molar-refractivity contribution in [2.45, 2.75) is 0 Å². The lowest BCUT2D eigenvalue weighted by atomic mass is 10.2. The monoisotopic (exact) mass is 274 g/mol. The van der Waals surface area contributed by atoms with Gasteiger partial charge in [-0.15, -0.1) is 0 Å². The third-order valence-electron chi connectivity index (χ3n) is 2.51. The van der Waals surface area contributed by atoms with E-state index < -0.39 is 5.97 Å². The van der Waals surface area contributed by atoms with E-state index in [0.717, 1.165) is 10.6 Å². The summed E-state index contributed by atoms with van der Waals surface area (Å²) in [6.07, 6.45) is 1.21. The van der Waals surface area contributed by atoms with Gasteiger partial charge in [0.1, 0.15) is 6.07 Å². The molecule has 0 atom stereocenters. The third kappa shape index (κ3) is 2.49. The lowest BCUT2D eigenvalue weighted by molar-refractivity contribution is 0.0696. The molecular weight excluding hydrogens is 268 g/mol. The predicted octanol–water partition coefficient (Wildman–Crippen LogP) is 2.06. The van der Waals surface area contributed by atoms with Crippen LogP contribution in [0.3, 0.4) is 0 Å². The van der Waals surface area contributed by atoms with Gasteiger partial charge in [-0.3, -0.25) is 9.36 Å². The van der Waals surface area contributed by atoms with E-state index >= 15 is 0 Å². The van der Waals surface area contributed by atoms with Crippen molar-refractivity contribution in [2.75, 3.05) is 0 Å². The Morgan fingerprint density at radius 1 is 1.32 bits per heavy atom. The van der Waals surface area contributed by atoms with Crippen LogP contribution in [0.25, 0.3) is 5.69 Å². The zero-order chi connectivity index (χ0) is 14.0. The molecule has 6 heteroatoms. The van der Waals surface area contributed by atoms with Crippen LogP contribution in [0.1, 0.15) is 15.9 Å². The fourth-order valence-corrected chi connectivity index (χ4v) is 1.78. The molecule has 2 aromatic rings. The molecule has 0 amide bonds. The van der Waals surface area contributed by atoms with Gasteiger partial charge in [-0.25, -0.2) is 4.79 Å².